The van der Waals surface area contributed by atoms with Gasteiger partial charge in [-0.05, 0) is 25.3 Å². The number of ether oxygens (including phenoxy) is 1. The van der Waals surface area contributed by atoms with Crippen molar-refractivity contribution in [1.82, 2.24) is 0 Å². The van der Waals surface area contributed by atoms with Crippen LogP contribution >= 0.6 is 0 Å². The van der Waals surface area contributed by atoms with Crippen molar-refractivity contribution in [2.45, 2.75) is 32.1 Å². The lowest BCUT2D eigenvalue weighted by molar-refractivity contribution is -0.143. The van der Waals surface area contributed by atoms with Gasteiger partial charge in [-0.1, -0.05) is 19.3 Å². The molecule has 0 aliphatic heterocycles. The van der Waals surface area contributed by atoms with Gasteiger partial charge in [0.25, 0.3) is 0 Å². The highest BCUT2D eigenvalue weighted by molar-refractivity contribution is 5.84. The third-order valence-electron chi connectivity index (χ3n) is 2.41. The molecule has 0 spiro atoms. The molecule has 0 aromatic carbocycles. The predicted molar refractivity (Wildman–Crippen MR) is 49.3 cm³/mol. The van der Waals surface area contributed by atoms with Gasteiger partial charge in [0.1, 0.15) is 0 Å². The largest absolute Gasteiger partial charge is 0.502 e. The molecule has 3 heteroatoms. The van der Waals surface area contributed by atoms with Crippen molar-refractivity contribution in [2.24, 2.45) is 5.92 Å². The van der Waals surface area contributed by atoms with Crippen LogP contribution in [-0.2, 0) is 9.53 Å². The standard InChI is InChI=1S/C10H16O3/c1-8(11)10(12)13-7-9-5-3-2-4-6-9/h9,11H,1-7H2. The summed E-state index contributed by atoms with van der Waals surface area (Å²) in [7, 11) is 0. The molecule has 0 aromatic heterocycles. The Balaban J connectivity index is 2.17. The first kappa shape index (κ1) is 10.1. The van der Waals surface area contributed by atoms with Crippen LogP contribution in [-0.4, -0.2) is 17.7 Å². The molecule has 3 nitrogen and oxygen atoms in total. The lowest BCUT2D eigenvalue weighted by Gasteiger charge is -2.20. The molecule has 0 bridgehead atoms. The van der Waals surface area contributed by atoms with Crippen LogP contribution in [0.5, 0.6) is 0 Å². The summed E-state index contributed by atoms with van der Waals surface area (Å²) in [6.45, 7) is 3.53. The van der Waals surface area contributed by atoms with E-state index in [1.807, 2.05) is 0 Å². The summed E-state index contributed by atoms with van der Waals surface area (Å²) in [5.41, 5.74) is 0. The molecule has 0 amide bonds. The zero-order valence-electron chi connectivity index (χ0n) is 7.79. The Bertz CT molecular complexity index is 192. The molecule has 0 heterocycles. The van der Waals surface area contributed by atoms with E-state index in [-0.39, 0.29) is 0 Å². The van der Waals surface area contributed by atoms with Crippen LogP contribution in [0.3, 0.4) is 0 Å². The number of hydrogen-bond acceptors (Lipinski definition) is 3. The Hall–Kier alpha value is -0.990. The molecule has 1 N–H and O–H groups in total. The summed E-state index contributed by atoms with van der Waals surface area (Å²) in [4.78, 5) is 10.8. The van der Waals surface area contributed by atoms with Gasteiger partial charge in [-0.15, -0.1) is 0 Å². The Morgan fingerprint density at radius 3 is 2.54 bits per heavy atom. The second-order valence-electron chi connectivity index (χ2n) is 3.55. The molecule has 0 radical (unpaired) electrons. The fourth-order valence-corrected chi connectivity index (χ4v) is 1.63. The van der Waals surface area contributed by atoms with Crippen molar-refractivity contribution < 1.29 is 14.6 Å². The lowest BCUT2D eigenvalue weighted by Crippen LogP contribution is -2.17. The molecular formula is C10H16O3. The Morgan fingerprint density at radius 1 is 1.38 bits per heavy atom. The van der Waals surface area contributed by atoms with Gasteiger partial charge in [0.05, 0.1) is 6.61 Å². The van der Waals surface area contributed by atoms with Crippen molar-refractivity contribution >= 4 is 5.97 Å². The number of carbonyl (C=O) groups excluding carboxylic acids is 1. The van der Waals surface area contributed by atoms with Crippen molar-refractivity contribution in [3.05, 3.63) is 12.3 Å². The normalized spacial score (nSPS) is 18.2. The predicted octanol–water partition coefficient (Wildman–Crippen LogP) is 2.18. The second kappa shape index (κ2) is 4.90. The van der Waals surface area contributed by atoms with Crippen LogP contribution in [0.4, 0.5) is 0 Å². The van der Waals surface area contributed by atoms with Crippen LogP contribution < -0.4 is 0 Å². The fourth-order valence-electron chi connectivity index (χ4n) is 1.63. The number of esters is 1. The van der Waals surface area contributed by atoms with Gasteiger partial charge in [-0.3, -0.25) is 0 Å². The quantitative estimate of drug-likeness (QED) is 0.415. The number of carbonyl (C=O) groups is 1. The third-order valence-corrected chi connectivity index (χ3v) is 2.41. The number of aliphatic hydroxyl groups excluding tert-OH is 1. The first-order chi connectivity index (χ1) is 6.20. The molecule has 1 aliphatic carbocycles. The molecular weight excluding hydrogens is 168 g/mol. The van der Waals surface area contributed by atoms with Crippen molar-refractivity contribution in [2.75, 3.05) is 6.61 Å². The highest BCUT2D eigenvalue weighted by Gasteiger charge is 2.16. The number of aliphatic hydroxyl groups is 1. The van der Waals surface area contributed by atoms with Crippen LogP contribution in [0.25, 0.3) is 0 Å². The SMILES string of the molecule is C=C(O)C(=O)OCC1CCCCC1. The molecule has 1 rings (SSSR count). The van der Waals surface area contributed by atoms with Crippen molar-refractivity contribution in [3.63, 3.8) is 0 Å². The van der Waals surface area contributed by atoms with Gasteiger partial charge >= 0.3 is 5.97 Å². The van der Waals surface area contributed by atoms with Gasteiger partial charge in [0.2, 0.25) is 0 Å². The molecule has 74 valence electrons. The van der Waals surface area contributed by atoms with Crippen LogP contribution in [0, 0.1) is 5.92 Å². The molecule has 1 fully saturated rings. The molecule has 1 saturated carbocycles. The minimum Gasteiger partial charge on any atom is -0.502 e. The summed E-state index contributed by atoms with van der Waals surface area (Å²) < 4.78 is 4.85. The van der Waals surface area contributed by atoms with E-state index in [1.54, 1.807) is 0 Å². The van der Waals surface area contributed by atoms with E-state index in [0.29, 0.717) is 12.5 Å². The van der Waals surface area contributed by atoms with Gasteiger partial charge < -0.3 is 9.84 Å². The Morgan fingerprint density at radius 2 is 2.00 bits per heavy atom. The van der Waals surface area contributed by atoms with Gasteiger partial charge in [-0.2, -0.15) is 0 Å². The highest BCUT2D eigenvalue weighted by Crippen LogP contribution is 2.23. The maximum atomic E-state index is 10.8. The Labute approximate surface area is 78.4 Å². The summed E-state index contributed by atoms with van der Waals surface area (Å²) in [6, 6.07) is 0. The zero-order chi connectivity index (χ0) is 9.68. The Kier molecular flexibility index (Phi) is 3.80. The van der Waals surface area contributed by atoms with E-state index in [0.717, 1.165) is 12.8 Å². The topological polar surface area (TPSA) is 46.5 Å². The summed E-state index contributed by atoms with van der Waals surface area (Å²) >= 11 is 0. The van der Waals surface area contributed by atoms with Gasteiger partial charge in [-0.25, -0.2) is 4.79 Å². The van der Waals surface area contributed by atoms with Crippen LogP contribution in [0.15, 0.2) is 12.3 Å². The van der Waals surface area contributed by atoms with Crippen LogP contribution in [0.1, 0.15) is 32.1 Å². The molecule has 0 saturated heterocycles. The van der Waals surface area contributed by atoms with E-state index >= 15 is 0 Å². The van der Waals surface area contributed by atoms with E-state index in [9.17, 15) is 4.79 Å². The first-order valence-corrected chi connectivity index (χ1v) is 4.75. The molecule has 13 heavy (non-hydrogen) atoms. The maximum absolute atomic E-state index is 10.8. The summed E-state index contributed by atoms with van der Waals surface area (Å²) in [5, 5.41) is 8.68. The number of rotatable bonds is 3. The maximum Gasteiger partial charge on any atom is 0.372 e. The average Bonchev–Trinajstić information content (AvgIpc) is 2.15. The monoisotopic (exact) mass is 184 g/mol. The van der Waals surface area contributed by atoms with Gasteiger partial charge in [0.15, 0.2) is 5.76 Å². The van der Waals surface area contributed by atoms with E-state index in [2.05, 4.69) is 6.58 Å². The lowest BCUT2D eigenvalue weighted by atomic mass is 9.90. The van der Waals surface area contributed by atoms with Crippen LogP contribution in [0.2, 0.25) is 0 Å². The smallest absolute Gasteiger partial charge is 0.372 e. The number of hydrogen-bond donors (Lipinski definition) is 1. The van der Waals surface area contributed by atoms with E-state index in [4.69, 9.17) is 9.84 Å². The third kappa shape index (κ3) is 3.49. The molecule has 0 aromatic rings. The van der Waals surface area contributed by atoms with E-state index in [1.165, 1.54) is 19.3 Å². The van der Waals surface area contributed by atoms with Crippen molar-refractivity contribution in [1.29, 1.82) is 0 Å². The zero-order valence-corrected chi connectivity index (χ0v) is 7.79. The second-order valence-corrected chi connectivity index (χ2v) is 3.55. The highest BCUT2D eigenvalue weighted by atomic mass is 16.5. The first-order valence-electron chi connectivity index (χ1n) is 4.75. The summed E-state index contributed by atoms with van der Waals surface area (Å²) in [6.07, 6.45) is 6.00. The average molecular weight is 184 g/mol. The molecule has 0 atom stereocenters. The minimum absolute atomic E-state index is 0.429. The minimum atomic E-state index is -0.689. The molecule has 0 unspecified atom stereocenters. The van der Waals surface area contributed by atoms with Crippen molar-refractivity contribution in [3.8, 4) is 0 Å². The van der Waals surface area contributed by atoms with E-state index < -0.39 is 11.7 Å². The fraction of sp³-hybridized carbons (Fsp3) is 0.700. The van der Waals surface area contributed by atoms with Gasteiger partial charge in [0, 0.05) is 0 Å². The summed E-state index contributed by atoms with van der Waals surface area (Å²) in [5.74, 6) is -0.710. The molecule has 1 aliphatic rings.